The van der Waals surface area contributed by atoms with Gasteiger partial charge in [0.2, 0.25) is 5.75 Å². The summed E-state index contributed by atoms with van der Waals surface area (Å²) >= 11 is 0. The second-order valence-electron chi connectivity index (χ2n) is 8.18. The molecule has 0 atom stereocenters. The van der Waals surface area contributed by atoms with Crippen molar-refractivity contribution in [1.29, 1.82) is 0 Å². The van der Waals surface area contributed by atoms with Crippen LogP contribution in [-0.4, -0.2) is 26.9 Å². The molecule has 2 N–H and O–H groups in total. The van der Waals surface area contributed by atoms with Gasteiger partial charge in [-0.1, -0.05) is 0 Å². The lowest BCUT2D eigenvalue weighted by atomic mass is 9.53. The minimum absolute atomic E-state index is 0.479. The third-order valence-corrected chi connectivity index (χ3v) is 6.63. The molecule has 5 rings (SSSR count). The third-order valence-electron chi connectivity index (χ3n) is 6.63. The van der Waals surface area contributed by atoms with Crippen LogP contribution in [0, 0.1) is 17.8 Å². The van der Waals surface area contributed by atoms with Gasteiger partial charge < -0.3 is 19.5 Å². The van der Waals surface area contributed by atoms with Crippen LogP contribution in [0.15, 0.2) is 12.1 Å². The minimum Gasteiger partial charge on any atom is -0.493 e. The lowest BCUT2D eigenvalue weighted by Gasteiger charge is -2.54. The number of nitrogens with two attached hydrogens (primary N) is 1. The Kier molecular flexibility index (Phi) is 4.11. The first-order valence-electron chi connectivity index (χ1n) is 9.28. The van der Waals surface area contributed by atoms with Crippen molar-refractivity contribution >= 4 is 0 Å². The van der Waals surface area contributed by atoms with E-state index in [1.165, 1.54) is 44.1 Å². The molecule has 0 unspecified atom stereocenters. The SMILES string of the molecule is COc1ccc(C[NH2+]C23CC4CC(CC(C4)C2)C3)c(OC)c1OC. The molecular formula is C20H30NO3+. The number of hydrogen-bond acceptors (Lipinski definition) is 3. The summed E-state index contributed by atoms with van der Waals surface area (Å²) in [4.78, 5) is 0. The number of rotatable bonds is 6. The molecule has 132 valence electrons. The van der Waals surface area contributed by atoms with Gasteiger partial charge in [0, 0.05) is 19.3 Å². The lowest BCUT2D eigenvalue weighted by Crippen LogP contribution is -2.97. The molecule has 0 aliphatic heterocycles. The van der Waals surface area contributed by atoms with Crippen LogP contribution in [-0.2, 0) is 6.54 Å². The van der Waals surface area contributed by atoms with Gasteiger partial charge in [-0.2, -0.15) is 0 Å². The van der Waals surface area contributed by atoms with Gasteiger partial charge in [0.25, 0.3) is 0 Å². The highest BCUT2D eigenvalue weighted by Crippen LogP contribution is 2.54. The summed E-state index contributed by atoms with van der Waals surface area (Å²) < 4.78 is 16.6. The molecule has 1 aromatic carbocycles. The molecule has 24 heavy (non-hydrogen) atoms. The van der Waals surface area contributed by atoms with Crippen LogP contribution >= 0.6 is 0 Å². The molecule has 4 heteroatoms. The van der Waals surface area contributed by atoms with E-state index in [9.17, 15) is 0 Å². The predicted octanol–water partition coefficient (Wildman–Crippen LogP) is 2.74. The molecule has 0 saturated heterocycles. The van der Waals surface area contributed by atoms with Crippen molar-refractivity contribution in [1.82, 2.24) is 0 Å². The van der Waals surface area contributed by atoms with E-state index in [0.717, 1.165) is 35.8 Å². The Morgan fingerprint density at radius 3 is 1.96 bits per heavy atom. The van der Waals surface area contributed by atoms with Crippen molar-refractivity contribution in [2.45, 2.75) is 50.6 Å². The third kappa shape index (κ3) is 2.65. The molecule has 4 saturated carbocycles. The fraction of sp³-hybridized carbons (Fsp3) is 0.700. The first-order chi connectivity index (χ1) is 11.7. The van der Waals surface area contributed by atoms with Gasteiger partial charge in [0.05, 0.1) is 32.4 Å². The van der Waals surface area contributed by atoms with Gasteiger partial charge in [-0.05, 0) is 49.1 Å². The van der Waals surface area contributed by atoms with E-state index in [0.29, 0.717) is 11.3 Å². The van der Waals surface area contributed by atoms with Crippen LogP contribution < -0.4 is 19.5 Å². The maximum Gasteiger partial charge on any atom is 0.203 e. The van der Waals surface area contributed by atoms with Gasteiger partial charge in [-0.25, -0.2) is 0 Å². The van der Waals surface area contributed by atoms with Crippen LogP contribution in [0.2, 0.25) is 0 Å². The maximum atomic E-state index is 5.66. The Bertz CT molecular complexity index is 578. The van der Waals surface area contributed by atoms with Gasteiger partial charge in [-0.3, -0.25) is 0 Å². The Hall–Kier alpha value is -1.42. The zero-order valence-electron chi connectivity index (χ0n) is 15.1. The average Bonchev–Trinajstić information content (AvgIpc) is 2.57. The number of quaternary nitrogens is 1. The van der Waals surface area contributed by atoms with Gasteiger partial charge in [0.1, 0.15) is 6.54 Å². The van der Waals surface area contributed by atoms with Gasteiger partial charge >= 0.3 is 0 Å². The van der Waals surface area contributed by atoms with Crippen LogP contribution in [0.25, 0.3) is 0 Å². The fourth-order valence-electron chi connectivity index (χ4n) is 6.08. The minimum atomic E-state index is 0.479. The van der Waals surface area contributed by atoms with Crippen molar-refractivity contribution < 1.29 is 19.5 Å². The molecule has 4 fully saturated rings. The summed E-state index contributed by atoms with van der Waals surface area (Å²) in [5, 5.41) is 2.61. The summed E-state index contributed by atoms with van der Waals surface area (Å²) in [5.74, 6) is 5.21. The van der Waals surface area contributed by atoms with E-state index in [1.807, 2.05) is 6.07 Å². The normalized spacial score (nSPS) is 33.5. The number of methoxy groups -OCH3 is 3. The Morgan fingerprint density at radius 2 is 1.46 bits per heavy atom. The average molecular weight is 332 g/mol. The van der Waals surface area contributed by atoms with Crippen LogP contribution in [0.3, 0.4) is 0 Å². The highest BCUT2D eigenvalue weighted by Gasteiger charge is 2.53. The van der Waals surface area contributed by atoms with Crippen molar-refractivity contribution in [2.24, 2.45) is 17.8 Å². The smallest absolute Gasteiger partial charge is 0.203 e. The molecular weight excluding hydrogens is 302 g/mol. The molecule has 1 aromatic rings. The van der Waals surface area contributed by atoms with E-state index in [2.05, 4.69) is 11.4 Å². The highest BCUT2D eigenvalue weighted by atomic mass is 16.5. The van der Waals surface area contributed by atoms with Crippen LogP contribution in [0.4, 0.5) is 0 Å². The van der Waals surface area contributed by atoms with E-state index >= 15 is 0 Å². The van der Waals surface area contributed by atoms with E-state index in [4.69, 9.17) is 14.2 Å². The zero-order chi connectivity index (χ0) is 16.7. The molecule has 4 aliphatic rings. The zero-order valence-corrected chi connectivity index (χ0v) is 15.1. The molecule has 0 radical (unpaired) electrons. The van der Waals surface area contributed by atoms with Crippen LogP contribution in [0.1, 0.15) is 44.1 Å². The summed E-state index contributed by atoms with van der Waals surface area (Å²) in [6.45, 7) is 0.954. The van der Waals surface area contributed by atoms with Gasteiger partial charge in [-0.15, -0.1) is 0 Å². The first-order valence-corrected chi connectivity index (χ1v) is 9.28. The van der Waals surface area contributed by atoms with E-state index < -0.39 is 0 Å². The first kappa shape index (κ1) is 16.1. The topological polar surface area (TPSA) is 44.3 Å². The summed E-state index contributed by atoms with van der Waals surface area (Å²) in [7, 11) is 5.05. The quantitative estimate of drug-likeness (QED) is 0.871. The Morgan fingerprint density at radius 1 is 0.875 bits per heavy atom. The largest absolute Gasteiger partial charge is 0.493 e. The van der Waals surface area contributed by atoms with Gasteiger partial charge in [0.15, 0.2) is 11.5 Å². The second-order valence-corrected chi connectivity index (χ2v) is 8.18. The van der Waals surface area contributed by atoms with Crippen LogP contribution in [0.5, 0.6) is 17.2 Å². The van der Waals surface area contributed by atoms with Crippen molar-refractivity contribution in [3.05, 3.63) is 17.7 Å². The maximum absolute atomic E-state index is 5.66. The number of ether oxygens (including phenoxy) is 3. The standard InChI is InChI=1S/C20H29NO3/c1-22-17-5-4-16(18(23-2)19(17)24-3)12-21-20-9-13-6-14(10-20)8-15(7-13)11-20/h4-5,13-15,21H,6-12H2,1-3H3/p+1. The van der Waals surface area contributed by atoms with Crippen molar-refractivity contribution in [3.63, 3.8) is 0 Å². The monoisotopic (exact) mass is 332 g/mol. The summed E-state index contributed by atoms with van der Waals surface area (Å²) in [6, 6.07) is 4.11. The second kappa shape index (κ2) is 6.14. The number of hydrogen-bond donors (Lipinski definition) is 1. The predicted molar refractivity (Wildman–Crippen MR) is 92.6 cm³/mol. The summed E-state index contributed by atoms with van der Waals surface area (Å²) in [6.07, 6.45) is 8.71. The molecule has 0 aromatic heterocycles. The van der Waals surface area contributed by atoms with E-state index in [1.54, 1.807) is 21.3 Å². The summed E-state index contributed by atoms with van der Waals surface area (Å²) in [5.41, 5.74) is 1.68. The highest BCUT2D eigenvalue weighted by molar-refractivity contribution is 5.55. The molecule has 4 aliphatic carbocycles. The molecule has 0 heterocycles. The van der Waals surface area contributed by atoms with Crippen molar-refractivity contribution in [3.8, 4) is 17.2 Å². The molecule has 4 nitrogen and oxygen atoms in total. The fourth-order valence-corrected chi connectivity index (χ4v) is 6.08. The number of benzene rings is 1. The lowest BCUT2D eigenvalue weighted by molar-refractivity contribution is -0.752. The Labute approximate surface area is 144 Å². The van der Waals surface area contributed by atoms with Crippen molar-refractivity contribution in [2.75, 3.05) is 21.3 Å². The van der Waals surface area contributed by atoms with E-state index in [-0.39, 0.29) is 0 Å². The molecule has 0 spiro atoms. The Balaban J connectivity index is 1.54. The molecule has 0 amide bonds. The molecule has 4 bridgehead atoms.